The summed E-state index contributed by atoms with van der Waals surface area (Å²) in [5.41, 5.74) is 2.88. The average molecular weight is 237 g/mol. The largest absolute Gasteiger partial charge is 0.289 e. The van der Waals surface area contributed by atoms with Gasteiger partial charge in [0.2, 0.25) is 0 Å². The Bertz CT molecular complexity index is 541. The Morgan fingerprint density at radius 2 is 2.00 bits per heavy atom. The first kappa shape index (κ1) is 12.2. The van der Waals surface area contributed by atoms with E-state index in [0.717, 1.165) is 12.0 Å². The molecule has 0 aliphatic carbocycles. The number of aromatic nitrogens is 1. The highest BCUT2D eigenvalue weighted by molar-refractivity contribution is 6.06. The van der Waals surface area contributed by atoms with Gasteiger partial charge in [0.15, 0.2) is 5.78 Å². The summed E-state index contributed by atoms with van der Waals surface area (Å²) in [5.74, 6) is 0.0153. The molecule has 0 N–H and O–H groups in total. The van der Waals surface area contributed by atoms with Crippen LogP contribution in [-0.4, -0.2) is 10.8 Å². The molecule has 2 heteroatoms. The third-order valence-corrected chi connectivity index (χ3v) is 2.76. The lowest BCUT2D eigenvalue weighted by Crippen LogP contribution is -1.94. The Labute approximate surface area is 107 Å². The standard InChI is InChI=1S/C16H15NO/c1-2-13-5-8-15(9-6-13)16(18)10-7-14-4-3-11-17-12-14/h3-12H,2H2,1H3. The molecular formula is C16H15NO. The van der Waals surface area contributed by atoms with Crippen LogP contribution in [-0.2, 0) is 6.42 Å². The fraction of sp³-hybridized carbons (Fsp3) is 0.125. The summed E-state index contributed by atoms with van der Waals surface area (Å²) >= 11 is 0. The van der Waals surface area contributed by atoms with Crippen molar-refractivity contribution in [3.8, 4) is 0 Å². The molecule has 0 atom stereocenters. The molecule has 0 spiro atoms. The molecule has 0 amide bonds. The van der Waals surface area contributed by atoms with E-state index in [4.69, 9.17) is 0 Å². The maximum absolute atomic E-state index is 11.9. The van der Waals surface area contributed by atoms with Crippen LogP contribution in [0.25, 0.3) is 6.08 Å². The van der Waals surface area contributed by atoms with Crippen molar-refractivity contribution in [2.24, 2.45) is 0 Å². The quantitative estimate of drug-likeness (QED) is 0.601. The number of aryl methyl sites for hydroxylation is 1. The summed E-state index contributed by atoms with van der Waals surface area (Å²) < 4.78 is 0. The fourth-order valence-corrected chi connectivity index (χ4v) is 1.65. The highest BCUT2D eigenvalue weighted by atomic mass is 16.1. The average Bonchev–Trinajstić information content (AvgIpc) is 2.46. The molecule has 1 heterocycles. The molecule has 1 aromatic heterocycles. The zero-order valence-corrected chi connectivity index (χ0v) is 10.3. The molecule has 90 valence electrons. The van der Waals surface area contributed by atoms with E-state index in [1.54, 1.807) is 24.5 Å². The fourth-order valence-electron chi connectivity index (χ4n) is 1.65. The van der Waals surface area contributed by atoms with Crippen LogP contribution in [0.5, 0.6) is 0 Å². The van der Waals surface area contributed by atoms with Crippen molar-refractivity contribution in [2.75, 3.05) is 0 Å². The summed E-state index contributed by atoms with van der Waals surface area (Å²) in [4.78, 5) is 15.9. The van der Waals surface area contributed by atoms with Crippen molar-refractivity contribution >= 4 is 11.9 Å². The third-order valence-electron chi connectivity index (χ3n) is 2.76. The van der Waals surface area contributed by atoms with E-state index in [-0.39, 0.29) is 5.78 Å². The van der Waals surface area contributed by atoms with Gasteiger partial charge in [0.25, 0.3) is 0 Å². The van der Waals surface area contributed by atoms with Gasteiger partial charge in [-0.25, -0.2) is 0 Å². The van der Waals surface area contributed by atoms with Gasteiger partial charge in [-0.05, 0) is 35.8 Å². The van der Waals surface area contributed by atoms with E-state index in [1.165, 1.54) is 5.56 Å². The van der Waals surface area contributed by atoms with Crippen LogP contribution in [0.4, 0.5) is 0 Å². The topological polar surface area (TPSA) is 30.0 Å². The van der Waals surface area contributed by atoms with Crippen LogP contribution in [0.15, 0.2) is 54.9 Å². The van der Waals surface area contributed by atoms with Gasteiger partial charge < -0.3 is 0 Å². The molecule has 0 saturated heterocycles. The van der Waals surface area contributed by atoms with Gasteiger partial charge in [-0.15, -0.1) is 0 Å². The minimum atomic E-state index is 0.0153. The van der Waals surface area contributed by atoms with E-state index >= 15 is 0 Å². The van der Waals surface area contributed by atoms with Crippen molar-refractivity contribution in [1.29, 1.82) is 0 Å². The highest BCUT2D eigenvalue weighted by Gasteiger charge is 2.00. The summed E-state index contributed by atoms with van der Waals surface area (Å²) in [5, 5.41) is 0. The number of ketones is 1. The second-order valence-electron chi connectivity index (χ2n) is 4.03. The minimum Gasteiger partial charge on any atom is -0.289 e. The number of rotatable bonds is 4. The Hall–Kier alpha value is -2.22. The van der Waals surface area contributed by atoms with E-state index in [2.05, 4.69) is 11.9 Å². The van der Waals surface area contributed by atoms with Gasteiger partial charge in [-0.1, -0.05) is 37.3 Å². The maximum Gasteiger partial charge on any atom is 0.185 e. The van der Waals surface area contributed by atoms with Crippen molar-refractivity contribution in [3.05, 3.63) is 71.6 Å². The maximum atomic E-state index is 11.9. The van der Waals surface area contributed by atoms with E-state index < -0.39 is 0 Å². The van der Waals surface area contributed by atoms with Crippen molar-refractivity contribution in [2.45, 2.75) is 13.3 Å². The Morgan fingerprint density at radius 3 is 2.61 bits per heavy atom. The third kappa shape index (κ3) is 3.14. The van der Waals surface area contributed by atoms with Gasteiger partial charge in [-0.2, -0.15) is 0 Å². The van der Waals surface area contributed by atoms with E-state index in [0.29, 0.717) is 5.56 Å². The molecular weight excluding hydrogens is 222 g/mol. The number of pyridine rings is 1. The summed E-state index contributed by atoms with van der Waals surface area (Å²) in [7, 11) is 0. The lowest BCUT2D eigenvalue weighted by atomic mass is 10.1. The first-order valence-corrected chi connectivity index (χ1v) is 6.01. The van der Waals surface area contributed by atoms with Crippen molar-refractivity contribution in [3.63, 3.8) is 0 Å². The van der Waals surface area contributed by atoms with Gasteiger partial charge >= 0.3 is 0 Å². The van der Waals surface area contributed by atoms with Crippen LogP contribution in [0.1, 0.15) is 28.4 Å². The van der Waals surface area contributed by atoms with E-state index in [9.17, 15) is 4.79 Å². The molecule has 18 heavy (non-hydrogen) atoms. The zero-order valence-electron chi connectivity index (χ0n) is 10.3. The minimum absolute atomic E-state index is 0.0153. The molecule has 0 aliphatic rings. The Balaban J connectivity index is 2.09. The first-order valence-electron chi connectivity index (χ1n) is 6.01. The first-order chi connectivity index (χ1) is 8.79. The molecule has 0 fully saturated rings. The number of carbonyl (C=O) groups is 1. The van der Waals surface area contributed by atoms with Gasteiger partial charge in [0, 0.05) is 18.0 Å². The van der Waals surface area contributed by atoms with Gasteiger partial charge in [0.1, 0.15) is 0 Å². The lowest BCUT2D eigenvalue weighted by Gasteiger charge is -1.98. The van der Waals surface area contributed by atoms with Crippen molar-refractivity contribution < 1.29 is 4.79 Å². The van der Waals surface area contributed by atoms with Crippen LogP contribution in [0, 0.1) is 0 Å². The van der Waals surface area contributed by atoms with E-state index in [1.807, 2.05) is 36.4 Å². The molecule has 0 aliphatic heterocycles. The Kier molecular flexibility index (Phi) is 4.02. The zero-order chi connectivity index (χ0) is 12.8. The second kappa shape index (κ2) is 5.92. The predicted octanol–water partition coefficient (Wildman–Crippen LogP) is 3.54. The second-order valence-corrected chi connectivity index (χ2v) is 4.03. The Morgan fingerprint density at radius 1 is 1.22 bits per heavy atom. The van der Waals surface area contributed by atoms with Crippen LogP contribution in [0.3, 0.4) is 0 Å². The SMILES string of the molecule is CCc1ccc(C(=O)C=Cc2cccnc2)cc1. The number of benzene rings is 1. The number of nitrogens with zero attached hydrogens (tertiary/aromatic N) is 1. The normalized spacial score (nSPS) is 10.7. The van der Waals surface area contributed by atoms with Gasteiger partial charge in [0.05, 0.1) is 0 Å². The van der Waals surface area contributed by atoms with Gasteiger partial charge in [-0.3, -0.25) is 9.78 Å². The molecule has 1 aromatic carbocycles. The lowest BCUT2D eigenvalue weighted by molar-refractivity contribution is 0.104. The number of hydrogen-bond donors (Lipinski definition) is 0. The predicted molar refractivity (Wildman–Crippen MR) is 73.4 cm³/mol. The highest BCUT2D eigenvalue weighted by Crippen LogP contribution is 2.08. The van der Waals surface area contributed by atoms with Crippen LogP contribution in [0.2, 0.25) is 0 Å². The number of carbonyl (C=O) groups excluding carboxylic acids is 1. The van der Waals surface area contributed by atoms with Crippen LogP contribution < -0.4 is 0 Å². The molecule has 2 rings (SSSR count). The summed E-state index contributed by atoms with van der Waals surface area (Å²) in [6.45, 7) is 2.10. The summed E-state index contributed by atoms with van der Waals surface area (Å²) in [6.07, 6.45) is 7.79. The number of allylic oxidation sites excluding steroid dienone is 1. The summed E-state index contributed by atoms with van der Waals surface area (Å²) in [6, 6.07) is 11.5. The van der Waals surface area contributed by atoms with Crippen LogP contribution >= 0.6 is 0 Å². The number of hydrogen-bond acceptors (Lipinski definition) is 2. The molecule has 0 saturated carbocycles. The molecule has 0 bridgehead atoms. The molecule has 0 unspecified atom stereocenters. The molecule has 0 radical (unpaired) electrons. The molecule has 2 nitrogen and oxygen atoms in total. The smallest absolute Gasteiger partial charge is 0.185 e. The van der Waals surface area contributed by atoms with Crippen molar-refractivity contribution in [1.82, 2.24) is 4.98 Å². The molecule has 2 aromatic rings. The monoisotopic (exact) mass is 237 g/mol.